The van der Waals surface area contributed by atoms with E-state index in [1.165, 1.54) is 0 Å². The Bertz CT molecular complexity index is 908. The Kier molecular flexibility index (Phi) is 7.41. The quantitative estimate of drug-likeness (QED) is 0.537. The topological polar surface area (TPSA) is 64.6 Å². The number of carbonyl (C=O) groups excluding carboxylic acids is 2. The molecule has 3 aromatic rings. The highest BCUT2D eigenvalue weighted by molar-refractivity contribution is 7.07. The van der Waals surface area contributed by atoms with Gasteiger partial charge in [0.25, 0.3) is 5.91 Å². The molecule has 0 radical (unpaired) electrons. The van der Waals surface area contributed by atoms with Crippen molar-refractivity contribution in [1.82, 2.24) is 5.32 Å². The van der Waals surface area contributed by atoms with Gasteiger partial charge in [0.15, 0.2) is 0 Å². The van der Waals surface area contributed by atoms with Crippen molar-refractivity contribution < 1.29 is 19.1 Å². The van der Waals surface area contributed by atoms with Gasteiger partial charge in [-0.3, -0.25) is 4.79 Å². The fourth-order valence-electron chi connectivity index (χ4n) is 2.81. The minimum absolute atomic E-state index is 0.174. The summed E-state index contributed by atoms with van der Waals surface area (Å²) in [5.41, 5.74) is 2.50. The van der Waals surface area contributed by atoms with Crippen LogP contribution in [0.3, 0.4) is 0 Å². The van der Waals surface area contributed by atoms with Gasteiger partial charge < -0.3 is 14.8 Å². The van der Waals surface area contributed by atoms with Crippen LogP contribution in [0, 0.1) is 0 Å². The first-order valence-electron chi connectivity index (χ1n) is 9.32. The second-order valence-electron chi connectivity index (χ2n) is 6.52. The maximum atomic E-state index is 12.7. The molecule has 1 heterocycles. The van der Waals surface area contributed by atoms with Gasteiger partial charge in [-0.25, -0.2) is 4.79 Å². The molecular weight excluding hydrogens is 386 g/mol. The number of esters is 1. The Balaban J connectivity index is 1.65. The van der Waals surface area contributed by atoms with Crippen LogP contribution < -0.4 is 10.1 Å². The zero-order chi connectivity index (χ0) is 20.5. The van der Waals surface area contributed by atoms with Gasteiger partial charge in [0, 0.05) is 5.56 Å². The second kappa shape index (κ2) is 10.4. The van der Waals surface area contributed by atoms with Crippen LogP contribution >= 0.6 is 11.3 Å². The van der Waals surface area contributed by atoms with Crippen LogP contribution in [0.15, 0.2) is 71.4 Å². The number of aryl methyl sites for hydroxylation is 1. The first-order valence-corrected chi connectivity index (χ1v) is 10.3. The SMILES string of the molecule is COc1ccc(C(=O)N[C@H](CCc2ccsc2)C(=O)OCc2ccccc2)cc1. The molecule has 0 aliphatic rings. The number of methoxy groups -OCH3 is 1. The Labute approximate surface area is 174 Å². The third-order valence-electron chi connectivity index (χ3n) is 4.47. The number of ether oxygens (including phenoxy) is 2. The number of hydrogen-bond acceptors (Lipinski definition) is 5. The molecule has 0 fully saturated rings. The fourth-order valence-corrected chi connectivity index (χ4v) is 3.51. The fraction of sp³-hybridized carbons (Fsp3) is 0.217. The number of amides is 1. The van der Waals surface area contributed by atoms with E-state index in [1.807, 2.05) is 47.2 Å². The van der Waals surface area contributed by atoms with Gasteiger partial charge in [-0.15, -0.1) is 0 Å². The van der Waals surface area contributed by atoms with E-state index in [4.69, 9.17) is 9.47 Å². The lowest BCUT2D eigenvalue weighted by Crippen LogP contribution is -2.42. The van der Waals surface area contributed by atoms with Crippen LogP contribution in [0.2, 0.25) is 0 Å². The Morgan fingerprint density at radius 2 is 1.76 bits per heavy atom. The number of thiophene rings is 1. The van der Waals surface area contributed by atoms with Crippen molar-refractivity contribution in [2.24, 2.45) is 0 Å². The highest BCUT2D eigenvalue weighted by atomic mass is 32.1. The normalized spacial score (nSPS) is 11.5. The zero-order valence-electron chi connectivity index (χ0n) is 16.2. The summed E-state index contributed by atoms with van der Waals surface area (Å²) in [7, 11) is 1.57. The van der Waals surface area contributed by atoms with E-state index < -0.39 is 12.0 Å². The first kappa shape index (κ1) is 20.6. The van der Waals surface area contributed by atoms with E-state index in [1.54, 1.807) is 42.7 Å². The predicted octanol–water partition coefficient (Wildman–Crippen LogP) is 4.23. The van der Waals surface area contributed by atoms with Gasteiger partial charge >= 0.3 is 5.97 Å². The van der Waals surface area contributed by atoms with Crippen molar-refractivity contribution in [3.8, 4) is 5.75 Å². The highest BCUT2D eigenvalue weighted by Gasteiger charge is 2.23. The van der Waals surface area contributed by atoms with E-state index in [-0.39, 0.29) is 12.5 Å². The zero-order valence-corrected chi connectivity index (χ0v) is 17.0. The molecule has 6 heteroatoms. The van der Waals surface area contributed by atoms with Crippen molar-refractivity contribution in [2.45, 2.75) is 25.5 Å². The van der Waals surface area contributed by atoms with Crippen LogP contribution in [0.1, 0.15) is 27.9 Å². The lowest BCUT2D eigenvalue weighted by molar-refractivity contribution is -0.147. The smallest absolute Gasteiger partial charge is 0.328 e. The average molecular weight is 410 g/mol. The molecule has 0 bridgehead atoms. The van der Waals surface area contributed by atoms with Crippen LogP contribution in [0.25, 0.3) is 0 Å². The molecule has 1 atom stereocenters. The molecule has 1 N–H and O–H groups in total. The molecule has 0 saturated carbocycles. The summed E-state index contributed by atoms with van der Waals surface area (Å²) in [5, 5.41) is 6.85. The molecule has 0 spiro atoms. The number of rotatable bonds is 9. The molecule has 29 heavy (non-hydrogen) atoms. The van der Waals surface area contributed by atoms with Crippen molar-refractivity contribution in [2.75, 3.05) is 7.11 Å². The van der Waals surface area contributed by atoms with Crippen LogP contribution in [-0.4, -0.2) is 25.0 Å². The first-order chi connectivity index (χ1) is 14.2. The Morgan fingerprint density at radius 3 is 2.41 bits per heavy atom. The summed E-state index contributed by atoms with van der Waals surface area (Å²) in [6.45, 7) is 0.174. The number of benzene rings is 2. The van der Waals surface area contributed by atoms with E-state index in [0.717, 1.165) is 11.1 Å². The molecule has 0 aliphatic heterocycles. The molecule has 2 aromatic carbocycles. The monoisotopic (exact) mass is 409 g/mol. The van der Waals surface area contributed by atoms with Gasteiger partial charge in [0.1, 0.15) is 18.4 Å². The number of hydrogen-bond donors (Lipinski definition) is 1. The summed E-state index contributed by atoms with van der Waals surface area (Å²) in [4.78, 5) is 25.3. The highest BCUT2D eigenvalue weighted by Crippen LogP contribution is 2.14. The van der Waals surface area contributed by atoms with Crippen molar-refractivity contribution in [3.05, 3.63) is 88.1 Å². The minimum Gasteiger partial charge on any atom is -0.497 e. The molecule has 1 aromatic heterocycles. The van der Waals surface area contributed by atoms with Gasteiger partial charge in [-0.05, 0) is 65.1 Å². The molecule has 1 amide bonds. The average Bonchev–Trinajstić information content (AvgIpc) is 3.29. The van der Waals surface area contributed by atoms with Crippen LogP contribution in [0.5, 0.6) is 5.75 Å². The van der Waals surface area contributed by atoms with Crippen LogP contribution in [-0.2, 0) is 22.6 Å². The molecule has 3 rings (SSSR count). The van der Waals surface area contributed by atoms with E-state index in [9.17, 15) is 9.59 Å². The third-order valence-corrected chi connectivity index (χ3v) is 5.20. The molecular formula is C23H23NO4S. The summed E-state index contributed by atoms with van der Waals surface area (Å²) in [5.74, 6) is -0.0941. The molecule has 0 saturated heterocycles. The van der Waals surface area contributed by atoms with Gasteiger partial charge in [0.2, 0.25) is 0 Å². The minimum atomic E-state index is -0.729. The molecule has 5 nitrogen and oxygen atoms in total. The van der Waals surface area contributed by atoms with Crippen molar-refractivity contribution in [1.29, 1.82) is 0 Å². The summed E-state index contributed by atoms with van der Waals surface area (Å²) in [6, 6.07) is 17.5. The molecule has 150 valence electrons. The summed E-state index contributed by atoms with van der Waals surface area (Å²) >= 11 is 1.61. The Hall–Kier alpha value is -3.12. The van der Waals surface area contributed by atoms with Gasteiger partial charge in [-0.2, -0.15) is 11.3 Å². The predicted molar refractivity (Wildman–Crippen MR) is 113 cm³/mol. The number of nitrogens with one attached hydrogen (secondary N) is 1. The molecule has 0 unspecified atom stereocenters. The second-order valence-corrected chi connectivity index (χ2v) is 7.30. The number of carbonyl (C=O) groups is 2. The standard InChI is InChI=1S/C23H23NO4S/c1-27-20-10-8-19(9-11-20)22(25)24-21(12-7-18-13-14-29-16-18)23(26)28-15-17-5-3-2-4-6-17/h2-6,8-11,13-14,16,21H,7,12,15H2,1H3,(H,24,25)/t21-/m1/s1. The third kappa shape index (κ3) is 6.19. The summed E-state index contributed by atoms with van der Waals surface area (Å²) < 4.78 is 10.6. The Morgan fingerprint density at radius 1 is 1.00 bits per heavy atom. The lowest BCUT2D eigenvalue weighted by Gasteiger charge is -2.18. The van der Waals surface area contributed by atoms with Gasteiger partial charge in [-0.1, -0.05) is 30.3 Å². The maximum absolute atomic E-state index is 12.7. The lowest BCUT2D eigenvalue weighted by atomic mass is 10.1. The largest absolute Gasteiger partial charge is 0.497 e. The van der Waals surface area contributed by atoms with Crippen molar-refractivity contribution >= 4 is 23.2 Å². The maximum Gasteiger partial charge on any atom is 0.328 e. The van der Waals surface area contributed by atoms with Crippen molar-refractivity contribution in [3.63, 3.8) is 0 Å². The van der Waals surface area contributed by atoms with Crippen LogP contribution in [0.4, 0.5) is 0 Å². The summed E-state index contributed by atoms with van der Waals surface area (Å²) in [6.07, 6.45) is 1.14. The van der Waals surface area contributed by atoms with E-state index in [2.05, 4.69) is 5.32 Å². The van der Waals surface area contributed by atoms with E-state index in [0.29, 0.717) is 24.2 Å². The van der Waals surface area contributed by atoms with Gasteiger partial charge in [0.05, 0.1) is 7.11 Å². The molecule has 0 aliphatic carbocycles. The van der Waals surface area contributed by atoms with E-state index >= 15 is 0 Å².